The summed E-state index contributed by atoms with van der Waals surface area (Å²) in [4.78, 5) is 0. The number of hydrogen-bond donors (Lipinski definition) is 14. The van der Waals surface area contributed by atoms with Crippen molar-refractivity contribution in [3.05, 3.63) is 0 Å². The minimum absolute atomic E-state index is 0.0103. The van der Waals surface area contributed by atoms with Crippen molar-refractivity contribution in [2.45, 2.75) is 186 Å². The van der Waals surface area contributed by atoms with Gasteiger partial charge in [0.2, 0.25) is 0 Å². The largest absolute Gasteiger partial charge is 0.375 e. The molecule has 48 heteroatoms. The molecule has 12 bridgehead atoms. The summed E-state index contributed by atoms with van der Waals surface area (Å²) in [6.45, 7) is 37.1. The Labute approximate surface area is 485 Å². The highest BCUT2D eigenvalue weighted by molar-refractivity contribution is 7.11. The first-order valence-corrected chi connectivity index (χ1v) is 31.9. The molecule has 0 amide bonds. The molecule has 0 aromatic carbocycles. The Morgan fingerprint density at radius 1 is 0.269 bits per heavy atom. The van der Waals surface area contributed by atoms with Crippen molar-refractivity contribution < 1.29 is 0 Å². The quantitative estimate of drug-likeness (QED) is 0.0695. The van der Waals surface area contributed by atoms with E-state index in [2.05, 4.69) is 244 Å². The maximum Gasteiger partial charge on any atom is 0.360 e. The number of rotatable bonds is 15. The number of nitrogens with zero attached hydrogens (tertiary/aromatic N) is 10. The first kappa shape index (κ1) is 63.1. The summed E-state index contributed by atoms with van der Waals surface area (Å²) in [5.41, 5.74) is 0. The summed E-state index contributed by atoms with van der Waals surface area (Å²) in [6, 6.07) is 0. The first-order chi connectivity index (χ1) is 37.8. The second-order valence-corrected chi connectivity index (χ2v) is 23.8. The van der Waals surface area contributed by atoms with Gasteiger partial charge in [0.15, 0.2) is 0 Å². The van der Waals surface area contributed by atoms with Crippen LogP contribution < -0.4 is 71.9 Å². The summed E-state index contributed by atoms with van der Waals surface area (Å²) < 4.78 is 27.7. The van der Waals surface area contributed by atoms with Crippen LogP contribution in [-0.2, 0) is 0 Å². The van der Waals surface area contributed by atoms with E-state index in [4.69, 9.17) is 0 Å². The van der Waals surface area contributed by atoms with Gasteiger partial charge in [-0.2, -0.15) is 0 Å². The molecule has 78 heavy (non-hydrogen) atoms. The van der Waals surface area contributed by atoms with Gasteiger partial charge in [-0.15, -0.1) is 0 Å². The fourth-order valence-electron chi connectivity index (χ4n) is 16.2. The average Bonchev–Trinajstić information content (AvgIpc) is 3.53. The summed E-state index contributed by atoms with van der Waals surface area (Å²) in [7, 11) is 5.43. The van der Waals surface area contributed by atoms with Crippen molar-refractivity contribution in [1.82, 2.24) is 118 Å². The average molecular weight is 1050 g/mol. The third-order valence-corrected chi connectivity index (χ3v) is 19.5. The van der Waals surface area contributed by atoms with Crippen LogP contribution in [0.1, 0.15) is 90.0 Å². The highest BCUT2D eigenvalue weighted by Gasteiger charge is 2.66. The molecule has 0 saturated carbocycles. The maximum absolute atomic E-state index is 4.46. The van der Waals surface area contributed by atoms with E-state index >= 15 is 0 Å². The number of fused-ring (bicyclic) bond motifs is 18. The van der Waals surface area contributed by atoms with Crippen LogP contribution in [0.5, 0.6) is 0 Å². The molecule has 9 aliphatic heterocycles. The van der Waals surface area contributed by atoms with Gasteiger partial charge < -0.3 is 118 Å². The molecule has 0 aliphatic carbocycles. The van der Waals surface area contributed by atoms with Crippen LogP contribution in [0.25, 0.3) is 0 Å². The van der Waals surface area contributed by atoms with E-state index in [-0.39, 0.29) is 162 Å². The molecule has 9 saturated heterocycles. The molecule has 6 unspecified atom stereocenters. The van der Waals surface area contributed by atoms with Gasteiger partial charge in [0.1, 0.15) is 0 Å². The third-order valence-electron chi connectivity index (χ3n) is 19.5. The molecule has 0 aromatic rings. The third kappa shape index (κ3) is 11.8. The molecular formula is C30H91B24N24. The van der Waals surface area contributed by atoms with E-state index < -0.39 is 0 Å². The van der Waals surface area contributed by atoms with E-state index in [1.807, 2.05) is 0 Å². The fourth-order valence-corrected chi connectivity index (χ4v) is 16.2. The zero-order valence-electron chi connectivity index (χ0n) is 51.5. The van der Waals surface area contributed by atoms with Crippen LogP contribution in [0.3, 0.4) is 0 Å². The molecule has 6 atom stereocenters. The van der Waals surface area contributed by atoms with Crippen LogP contribution in [0, 0.1) is 0 Å². The van der Waals surface area contributed by atoms with Gasteiger partial charge in [0.25, 0.3) is 112 Å². The molecule has 9 heterocycles. The van der Waals surface area contributed by atoms with Gasteiger partial charge in [0, 0.05) is 0 Å². The van der Waals surface area contributed by atoms with Gasteiger partial charge in [-0.05, 0) is 96.3 Å². The van der Waals surface area contributed by atoms with E-state index in [1.165, 1.54) is 0 Å². The topological polar surface area (TPSA) is 201 Å². The molecule has 1 radical (unpaired) electrons. The molecule has 24 nitrogen and oxygen atoms in total. The Bertz CT molecular complexity index is 1880. The van der Waals surface area contributed by atoms with Crippen LogP contribution in [0.2, 0.25) is 95.8 Å². The van der Waals surface area contributed by atoms with Crippen LogP contribution >= 0.6 is 0 Å². The lowest BCUT2D eigenvalue weighted by Gasteiger charge is -2.63. The SMILES string of the molecule is CCB1NB2NB(N1)N1B(CC)N(B3N[B]NB(C)N3)B(CC)N(B3NB(N4B(CC)NB(C)NB4CC)NB(N3)N3B(CC)NB(CC)N(B4NB(CC)N(C)B(N4)N4B(CC)N(C)B(CC)N2B4CC)B3CC)B1CC. The maximum atomic E-state index is 4.46. The highest BCUT2D eigenvalue weighted by atomic mass is 15.4. The summed E-state index contributed by atoms with van der Waals surface area (Å²) in [6.07, 6.45) is 12.5. The predicted molar refractivity (Wildman–Crippen MR) is 360 cm³/mol. The normalized spacial score (nSPS) is 28.9. The smallest absolute Gasteiger partial charge is 0.360 e. The van der Waals surface area contributed by atoms with Crippen molar-refractivity contribution >= 4 is 169 Å². The van der Waals surface area contributed by atoms with Gasteiger partial charge >= 0.3 is 56.9 Å². The minimum Gasteiger partial charge on any atom is -0.375 e. The fraction of sp³-hybridized carbons (Fsp3) is 1.00. The van der Waals surface area contributed by atoms with Crippen LogP contribution in [-0.4, -0.2) is 230 Å². The second-order valence-electron chi connectivity index (χ2n) is 23.8. The molecule has 0 aromatic heterocycles. The molecule has 9 rings (SSSR count). The molecule has 14 N–H and O–H groups in total. The Hall–Kier alpha value is 0.598. The molecule has 9 aliphatic rings. The van der Waals surface area contributed by atoms with Gasteiger partial charge in [0.05, 0.1) is 0 Å². The molecule has 0 spiro atoms. The zero-order valence-corrected chi connectivity index (χ0v) is 51.5. The Kier molecular flexibility index (Phi) is 22.6. The zero-order chi connectivity index (χ0) is 55.9. The second kappa shape index (κ2) is 28.0. The van der Waals surface area contributed by atoms with Crippen molar-refractivity contribution in [2.24, 2.45) is 0 Å². The lowest BCUT2D eigenvalue weighted by molar-refractivity contribution is 0.571. The predicted octanol–water partition coefficient (Wildman–Crippen LogP) is -5.10. The lowest BCUT2D eigenvalue weighted by Crippen LogP contribution is -2.99. The summed E-state index contributed by atoms with van der Waals surface area (Å²) in [5, 5.41) is 58.4. The standard InChI is InChI=1S/C30H91B24N24/c1-18-34-60-48-64-49(61-34)76-43(27-10)75(47-56-31-55-32(14)59-47)44(28-11)77(45(76)29-12)53-66-51(71-36(20-3)57-33(15)58-37(71)21-4)65-52(67-53)73-39(23-6)62-38(22-5)72(42(73)26-9)50-63-35(19-2)69(16)54(68-50)78-41(25-8)70(17)40(24-7)74(48)46(78)30-13/h55-68H,18-30H2,1-17H3. The van der Waals surface area contributed by atoms with E-state index in [9.17, 15) is 0 Å². The minimum atomic E-state index is -0.264. The van der Waals surface area contributed by atoms with E-state index in [1.54, 1.807) is 0 Å². The van der Waals surface area contributed by atoms with Crippen molar-refractivity contribution in [3.63, 3.8) is 0 Å². The van der Waals surface area contributed by atoms with Crippen molar-refractivity contribution in [2.75, 3.05) is 14.1 Å². The van der Waals surface area contributed by atoms with Crippen molar-refractivity contribution in [3.8, 4) is 0 Å². The van der Waals surface area contributed by atoms with Gasteiger partial charge in [-0.3, -0.25) is 0 Å². The van der Waals surface area contributed by atoms with E-state index in [0.29, 0.717) is 0 Å². The van der Waals surface area contributed by atoms with Gasteiger partial charge in [-0.25, -0.2) is 0 Å². The van der Waals surface area contributed by atoms with Crippen LogP contribution in [0.4, 0.5) is 0 Å². The Morgan fingerprint density at radius 3 is 1.09 bits per heavy atom. The molecular weight excluding hydrogens is 956 g/mol. The summed E-state index contributed by atoms with van der Waals surface area (Å²) in [5.74, 6) is 0. The van der Waals surface area contributed by atoms with Crippen LogP contribution in [0.15, 0.2) is 0 Å². The van der Waals surface area contributed by atoms with Gasteiger partial charge in [-0.1, -0.05) is 104 Å². The number of nitrogens with one attached hydrogen (secondary N) is 14. The number of hydrogen-bond acceptors (Lipinski definition) is 24. The Morgan fingerprint density at radius 2 is 0.641 bits per heavy atom. The monoisotopic (exact) mass is 1050 g/mol. The summed E-state index contributed by atoms with van der Waals surface area (Å²) >= 11 is 0. The molecule has 403 valence electrons. The molecule has 9 fully saturated rings. The van der Waals surface area contributed by atoms with Crippen molar-refractivity contribution in [1.29, 1.82) is 0 Å². The highest BCUT2D eigenvalue weighted by Crippen LogP contribution is 2.32. The Balaban J connectivity index is 1.29. The van der Waals surface area contributed by atoms with E-state index in [0.717, 1.165) is 82.2 Å². The first-order valence-electron chi connectivity index (χ1n) is 31.9. The lowest BCUT2D eigenvalue weighted by atomic mass is 9.28.